The molecule has 0 atom stereocenters. The second-order valence-corrected chi connectivity index (χ2v) is 8.11. The van der Waals surface area contributed by atoms with E-state index in [1.807, 2.05) is 0 Å². The van der Waals surface area contributed by atoms with Gasteiger partial charge in [-0.2, -0.15) is 0 Å². The molecule has 2 rings (SSSR count). The van der Waals surface area contributed by atoms with E-state index in [1.54, 1.807) is 11.4 Å². The monoisotopic (exact) mass is 404 g/mol. The second-order valence-electron chi connectivity index (χ2n) is 5.25. The average molecular weight is 404 g/mol. The molecule has 0 bridgehead atoms. The van der Waals surface area contributed by atoms with Crippen molar-refractivity contribution in [3.63, 3.8) is 0 Å². The molecule has 2 aromatic rings. The van der Waals surface area contributed by atoms with E-state index in [0.29, 0.717) is 0 Å². The second kappa shape index (κ2) is 9.06. The molecule has 26 heavy (non-hydrogen) atoms. The van der Waals surface area contributed by atoms with Crippen molar-refractivity contribution >= 4 is 33.0 Å². The van der Waals surface area contributed by atoms with Crippen molar-refractivity contribution in [1.82, 2.24) is 4.90 Å². The van der Waals surface area contributed by atoms with E-state index in [0.717, 1.165) is 16.2 Å². The van der Waals surface area contributed by atoms with Crippen molar-refractivity contribution in [3.8, 4) is 0 Å². The van der Waals surface area contributed by atoms with Gasteiger partial charge in [0, 0.05) is 24.9 Å². The van der Waals surface area contributed by atoms with Gasteiger partial charge in [0.1, 0.15) is 4.21 Å². The van der Waals surface area contributed by atoms with Crippen LogP contribution in [-0.4, -0.2) is 52.5 Å². The van der Waals surface area contributed by atoms with Gasteiger partial charge in [0.2, 0.25) is 0 Å². The Morgan fingerprint density at radius 1 is 1.27 bits per heavy atom. The third-order valence-corrected chi connectivity index (χ3v) is 6.13. The predicted octanol–water partition coefficient (Wildman–Crippen LogP) is 2.90. The number of carbonyl (C=O) groups excluding carboxylic acids is 1. The van der Waals surface area contributed by atoms with Gasteiger partial charge in [0.15, 0.2) is 0 Å². The lowest BCUT2D eigenvalue weighted by Crippen LogP contribution is -2.37. The maximum atomic E-state index is 12.7. The Morgan fingerprint density at radius 2 is 1.96 bits per heavy atom. The molecule has 6 nitrogen and oxygen atoms in total. The van der Waals surface area contributed by atoms with Crippen LogP contribution < -0.4 is 4.72 Å². The predicted molar refractivity (Wildman–Crippen MR) is 95.4 cm³/mol. The Morgan fingerprint density at radius 3 is 2.50 bits per heavy atom. The van der Waals surface area contributed by atoms with Gasteiger partial charge in [-0.05, 0) is 35.7 Å². The number of amides is 1. The Kier molecular flexibility index (Phi) is 7.06. The molecule has 0 aliphatic rings. The number of nitrogens with one attached hydrogen (secondary N) is 1. The number of methoxy groups -OCH3 is 1. The Balaban J connectivity index is 2.11. The number of sulfonamides is 1. The molecular weight excluding hydrogens is 386 g/mol. The van der Waals surface area contributed by atoms with Crippen molar-refractivity contribution in [3.05, 3.63) is 47.3 Å². The highest BCUT2D eigenvalue weighted by molar-refractivity contribution is 7.94. The smallest absolute Gasteiger partial charge is 0.271 e. The summed E-state index contributed by atoms with van der Waals surface area (Å²) in [7, 11) is -2.27. The van der Waals surface area contributed by atoms with Crippen LogP contribution in [0.5, 0.6) is 0 Å². The number of hydrogen-bond acceptors (Lipinski definition) is 5. The number of ether oxygens (including phenoxy) is 1. The summed E-state index contributed by atoms with van der Waals surface area (Å²) in [5, 5.41) is 1.65. The minimum Gasteiger partial charge on any atom is -0.383 e. The van der Waals surface area contributed by atoms with Gasteiger partial charge >= 0.3 is 0 Å². The normalized spacial score (nSPS) is 11.5. The Labute approximate surface area is 154 Å². The van der Waals surface area contributed by atoms with Gasteiger partial charge in [-0.3, -0.25) is 9.52 Å². The van der Waals surface area contributed by atoms with E-state index in [-0.39, 0.29) is 28.6 Å². The fraction of sp³-hybridized carbons (Fsp3) is 0.312. The molecule has 0 aliphatic heterocycles. The lowest BCUT2D eigenvalue weighted by atomic mass is 10.2. The summed E-state index contributed by atoms with van der Waals surface area (Å²) in [5.41, 5.74) is 0.452. The minimum atomic E-state index is -3.69. The van der Waals surface area contributed by atoms with Gasteiger partial charge in [-0.1, -0.05) is 6.07 Å². The molecule has 1 aromatic heterocycles. The van der Waals surface area contributed by atoms with Gasteiger partial charge in [-0.25, -0.2) is 17.2 Å². The molecule has 1 amide bonds. The number of alkyl halides is 2. The summed E-state index contributed by atoms with van der Waals surface area (Å²) in [6.07, 6.45) is -2.66. The molecule has 0 aliphatic carbocycles. The molecule has 0 saturated heterocycles. The van der Waals surface area contributed by atoms with Crippen molar-refractivity contribution < 1.29 is 26.7 Å². The zero-order chi connectivity index (χ0) is 19.2. The first-order valence-corrected chi connectivity index (χ1v) is 9.92. The first kappa shape index (κ1) is 20.3. The zero-order valence-electron chi connectivity index (χ0n) is 13.9. The maximum absolute atomic E-state index is 12.7. The minimum absolute atomic E-state index is 0.0342. The highest BCUT2D eigenvalue weighted by atomic mass is 32.2. The molecule has 0 radical (unpaired) electrons. The average Bonchev–Trinajstić information content (AvgIpc) is 3.13. The van der Waals surface area contributed by atoms with E-state index in [2.05, 4.69) is 4.72 Å². The molecule has 142 valence electrons. The van der Waals surface area contributed by atoms with Gasteiger partial charge < -0.3 is 9.64 Å². The number of rotatable bonds is 9. The number of thiophene rings is 1. The van der Waals surface area contributed by atoms with Crippen LogP contribution in [0.25, 0.3) is 0 Å². The van der Waals surface area contributed by atoms with Gasteiger partial charge in [-0.15, -0.1) is 11.3 Å². The van der Waals surface area contributed by atoms with Crippen LogP contribution in [0.3, 0.4) is 0 Å². The van der Waals surface area contributed by atoms with Crippen molar-refractivity contribution in [2.45, 2.75) is 10.6 Å². The summed E-state index contributed by atoms with van der Waals surface area (Å²) in [5.74, 6) is -0.574. The summed E-state index contributed by atoms with van der Waals surface area (Å²) in [6.45, 7) is -0.529. The molecule has 0 fully saturated rings. The summed E-state index contributed by atoms with van der Waals surface area (Å²) in [4.78, 5) is 13.4. The molecule has 1 heterocycles. The number of carbonyl (C=O) groups is 1. The fourth-order valence-corrected chi connectivity index (χ4v) is 4.18. The highest BCUT2D eigenvalue weighted by Gasteiger charge is 2.20. The van der Waals surface area contributed by atoms with Gasteiger partial charge in [0.05, 0.1) is 13.2 Å². The molecule has 0 saturated carbocycles. The summed E-state index contributed by atoms with van der Waals surface area (Å²) < 4.78 is 57.0. The SMILES string of the molecule is COCCN(CC(F)F)C(=O)c1ccc(NS(=O)(=O)c2cccs2)cc1. The maximum Gasteiger partial charge on any atom is 0.271 e. The largest absolute Gasteiger partial charge is 0.383 e. The molecule has 0 unspecified atom stereocenters. The van der Waals surface area contributed by atoms with Crippen LogP contribution >= 0.6 is 11.3 Å². The molecule has 10 heteroatoms. The quantitative estimate of drug-likeness (QED) is 0.697. The highest BCUT2D eigenvalue weighted by Crippen LogP contribution is 2.21. The number of nitrogens with zero attached hydrogens (tertiary/aromatic N) is 1. The lowest BCUT2D eigenvalue weighted by Gasteiger charge is -2.22. The third kappa shape index (κ3) is 5.48. The fourth-order valence-electron chi connectivity index (χ4n) is 2.13. The summed E-state index contributed by atoms with van der Waals surface area (Å²) >= 11 is 1.08. The van der Waals surface area contributed by atoms with E-state index >= 15 is 0 Å². The van der Waals surface area contributed by atoms with Crippen LogP contribution in [0.1, 0.15) is 10.4 Å². The van der Waals surface area contributed by atoms with Crippen LogP contribution in [-0.2, 0) is 14.8 Å². The first-order chi connectivity index (χ1) is 12.3. The zero-order valence-corrected chi connectivity index (χ0v) is 15.5. The lowest BCUT2D eigenvalue weighted by molar-refractivity contribution is 0.0478. The van der Waals surface area contributed by atoms with E-state index in [1.165, 1.54) is 37.4 Å². The van der Waals surface area contributed by atoms with Crippen molar-refractivity contribution in [1.29, 1.82) is 0 Å². The van der Waals surface area contributed by atoms with Crippen LogP contribution in [0.15, 0.2) is 46.0 Å². The molecule has 1 N–H and O–H groups in total. The topological polar surface area (TPSA) is 75.7 Å². The van der Waals surface area contributed by atoms with Crippen molar-refractivity contribution in [2.75, 3.05) is 31.5 Å². The third-order valence-electron chi connectivity index (χ3n) is 3.35. The Bertz CT molecular complexity index is 809. The first-order valence-electron chi connectivity index (χ1n) is 7.56. The Hall–Kier alpha value is -2.04. The summed E-state index contributed by atoms with van der Waals surface area (Å²) in [6, 6.07) is 8.70. The van der Waals surface area contributed by atoms with Crippen molar-refractivity contribution in [2.24, 2.45) is 0 Å². The number of benzene rings is 1. The number of anilines is 1. The number of hydrogen-bond donors (Lipinski definition) is 1. The van der Waals surface area contributed by atoms with E-state index < -0.39 is 28.9 Å². The number of halogens is 2. The van der Waals surface area contributed by atoms with Crippen LogP contribution in [0.4, 0.5) is 14.5 Å². The molecule has 1 aromatic carbocycles. The van der Waals surface area contributed by atoms with Crippen LogP contribution in [0.2, 0.25) is 0 Å². The van der Waals surface area contributed by atoms with E-state index in [4.69, 9.17) is 4.74 Å². The molecular formula is C16H18F2N2O4S2. The molecule has 0 spiro atoms. The van der Waals surface area contributed by atoms with Crippen LogP contribution in [0, 0.1) is 0 Å². The standard InChI is InChI=1S/C16H18F2N2O4S2/c1-24-9-8-20(11-14(17)18)16(21)12-4-6-13(7-5-12)19-26(22,23)15-3-2-10-25-15/h2-7,10,14,19H,8-9,11H2,1H3. The van der Waals surface area contributed by atoms with Gasteiger partial charge in [0.25, 0.3) is 22.4 Å². The van der Waals surface area contributed by atoms with E-state index in [9.17, 15) is 22.0 Å².